The second-order valence-corrected chi connectivity index (χ2v) is 10.6. The number of amides is 1. The summed E-state index contributed by atoms with van der Waals surface area (Å²) >= 11 is 5.85. The third kappa shape index (κ3) is 5.43. The van der Waals surface area contributed by atoms with Crippen LogP contribution in [0.3, 0.4) is 0 Å². The van der Waals surface area contributed by atoms with Gasteiger partial charge < -0.3 is 4.42 Å². The van der Waals surface area contributed by atoms with Gasteiger partial charge in [0.1, 0.15) is 0 Å². The monoisotopic (exact) mass is 488 g/mol. The maximum Gasteiger partial charge on any atom is 0.322 e. The Morgan fingerprint density at radius 2 is 1.82 bits per heavy atom. The molecule has 1 aliphatic heterocycles. The predicted octanol–water partition coefficient (Wildman–Crippen LogP) is 3.97. The molecule has 33 heavy (non-hydrogen) atoms. The Morgan fingerprint density at radius 3 is 2.48 bits per heavy atom. The lowest BCUT2D eigenvalue weighted by atomic mass is 9.97. The van der Waals surface area contributed by atoms with Gasteiger partial charge in [-0.1, -0.05) is 40.5 Å². The number of nitrogens with zero attached hydrogens (tertiary/aromatic N) is 3. The van der Waals surface area contributed by atoms with Crippen LogP contribution in [-0.2, 0) is 21.2 Å². The number of anilines is 1. The van der Waals surface area contributed by atoms with Crippen LogP contribution in [0.5, 0.6) is 0 Å². The van der Waals surface area contributed by atoms with Gasteiger partial charge >= 0.3 is 6.01 Å². The van der Waals surface area contributed by atoms with Crippen LogP contribution in [0.4, 0.5) is 6.01 Å². The second-order valence-electron chi connectivity index (χ2n) is 8.23. The largest absolute Gasteiger partial charge is 0.407 e. The summed E-state index contributed by atoms with van der Waals surface area (Å²) in [6.45, 7) is 4.57. The lowest BCUT2D eigenvalue weighted by Gasteiger charge is -2.30. The summed E-state index contributed by atoms with van der Waals surface area (Å²) in [4.78, 5) is 12.9. The summed E-state index contributed by atoms with van der Waals surface area (Å²) in [5.74, 6) is -0.169. The normalized spacial score (nSPS) is 15.5. The number of hydrogen-bond acceptors (Lipinski definition) is 6. The third-order valence-corrected chi connectivity index (χ3v) is 7.98. The minimum absolute atomic E-state index is 0.0518. The average molecular weight is 489 g/mol. The zero-order chi connectivity index (χ0) is 23.6. The van der Waals surface area contributed by atoms with Gasteiger partial charge in [-0.3, -0.25) is 10.1 Å². The number of rotatable bonds is 6. The fourth-order valence-corrected chi connectivity index (χ4v) is 5.50. The standard InChI is InChI=1S/C23H25ClN4O4S/c1-15-3-4-18(16(2)13-15)14-21-26-27-23(32-21)25-22(29)17-9-11-28(12-10-17)33(30,31)20-7-5-19(24)6-8-20/h3-8,13,17H,9-12,14H2,1-2H3,(H,25,27,29). The van der Waals surface area contributed by atoms with Gasteiger partial charge in [0.2, 0.25) is 21.8 Å². The van der Waals surface area contributed by atoms with E-state index in [4.69, 9.17) is 16.0 Å². The Bertz CT molecular complexity index is 1250. The van der Waals surface area contributed by atoms with E-state index in [1.54, 1.807) is 12.1 Å². The summed E-state index contributed by atoms with van der Waals surface area (Å²) in [5, 5.41) is 11.1. The van der Waals surface area contributed by atoms with Crippen molar-refractivity contribution in [3.63, 3.8) is 0 Å². The summed E-state index contributed by atoms with van der Waals surface area (Å²) in [7, 11) is -3.62. The van der Waals surface area contributed by atoms with Gasteiger partial charge in [-0.05, 0) is 62.1 Å². The van der Waals surface area contributed by atoms with Gasteiger partial charge in [0.15, 0.2) is 0 Å². The SMILES string of the molecule is Cc1ccc(Cc2nnc(NC(=O)C3CCN(S(=O)(=O)c4ccc(Cl)cc4)CC3)o2)c(C)c1. The van der Waals surface area contributed by atoms with Crippen LogP contribution in [0.15, 0.2) is 51.8 Å². The molecule has 1 aromatic heterocycles. The van der Waals surface area contributed by atoms with Gasteiger partial charge in [-0.25, -0.2) is 8.42 Å². The maximum atomic E-state index is 12.8. The highest BCUT2D eigenvalue weighted by Gasteiger charge is 2.32. The highest BCUT2D eigenvalue weighted by molar-refractivity contribution is 7.89. The first-order valence-electron chi connectivity index (χ1n) is 10.7. The van der Waals surface area contributed by atoms with Gasteiger partial charge in [-0.2, -0.15) is 4.31 Å². The van der Waals surface area contributed by atoms with E-state index >= 15 is 0 Å². The smallest absolute Gasteiger partial charge is 0.322 e. The van der Waals surface area contributed by atoms with Crippen molar-refractivity contribution < 1.29 is 17.6 Å². The summed E-state index contributed by atoms with van der Waals surface area (Å²) in [6, 6.07) is 12.3. The number of nitrogens with one attached hydrogen (secondary N) is 1. The fourth-order valence-electron chi connectivity index (χ4n) is 3.90. The molecule has 0 bridgehead atoms. The zero-order valence-corrected chi connectivity index (χ0v) is 20.0. The molecule has 1 aliphatic rings. The molecule has 174 valence electrons. The molecular weight excluding hydrogens is 464 g/mol. The van der Waals surface area contributed by atoms with Crippen LogP contribution in [0.2, 0.25) is 5.02 Å². The molecule has 1 fully saturated rings. The molecule has 1 N–H and O–H groups in total. The summed E-state index contributed by atoms with van der Waals surface area (Å²) in [6.07, 6.45) is 1.29. The maximum absolute atomic E-state index is 12.8. The molecule has 0 radical (unpaired) electrons. The topological polar surface area (TPSA) is 105 Å². The Morgan fingerprint density at radius 1 is 1.12 bits per heavy atom. The molecule has 0 unspecified atom stereocenters. The molecule has 0 atom stereocenters. The fraction of sp³-hybridized carbons (Fsp3) is 0.348. The van der Waals surface area contributed by atoms with Gasteiger partial charge in [0.25, 0.3) is 0 Å². The molecule has 2 aromatic carbocycles. The first-order valence-corrected chi connectivity index (χ1v) is 12.5. The number of benzene rings is 2. The third-order valence-electron chi connectivity index (χ3n) is 5.81. The molecular formula is C23H25ClN4O4S. The number of carbonyl (C=O) groups is 1. The molecule has 1 amide bonds. The van der Waals surface area contributed by atoms with Gasteiger partial charge in [0, 0.05) is 24.0 Å². The molecule has 1 saturated heterocycles. The number of hydrogen-bond donors (Lipinski definition) is 1. The van der Waals surface area contributed by atoms with E-state index in [9.17, 15) is 13.2 Å². The van der Waals surface area contributed by atoms with Crippen molar-refractivity contribution in [1.82, 2.24) is 14.5 Å². The van der Waals surface area contributed by atoms with Crippen molar-refractivity contribution in [2.75, 3.05) is 18.4 Å². The van der Waals surface area contributed by atoms with Crippen molar-refractivity contribution in [2.45, 2.75) is 38.0 Å². The lowest BCUT2D eigenvalue weighted by molar-refractivity contribution is -0.121. The van der Waals surface area contributed by atoms with E-state index in [1.165, 1.54) is 22.0 Å². The highest BCUT2D eigenvalue weighted by Crippen LogP contribution is 2.26. The predicted molar refractivity (Wildman–Crippen MR) is 125 cm³/mol. The van der Waals surface area contributed by atoms with Crippen LogP contribution >= 0.6 is 11.6 Å². The number of aryl methyl sites for hydroxylation is 2. The van der Waals surface area contributed by atoms with Crippen molar-refractivity contribution in [3.05, 3.63) is 70.1 Å². The minimum atomic E-state index is -3.62. The van der Waals surface area contributed by atoms with Crippen molar-refractivity contribution in [3.8, 4) is 0 Å². The van der Waals surface area contributed by atoms with Crippen LogP contribution in [0.25, 0.3) is 0 Å². The Kier molecular flexibility index (Phi) is 6.83. The number of aromatic nitrogens is 2. The van der Waals surface area contributed by atoms with Crippen LogP contribution in [0, 0.1) is 19.8 Å². The molecule has 10 heteroatoms. The van der Waals surface area contributed by atoms with Crippen molar-refractivity contribution in [2.24, 2.45) is 5.92 Å². The molecule has 0 aliphatic carbocycles. The number of sulfonamides is 1. The molecule has 8 nitrogen and oxygen atoms in total. The molecule has 0 saturated carbocycles. The second kappa shape index (κ2) is 9.62. The van der Waals surface area contributed by atoms with Gasteiger partial charge in [0.05, 0.1) is 11.3 Å². The highest BCUT2D eigenvalue weighted by atomic mass is 35.5. The number of carbonyl (C=O) groups excluding carboxylic acids is 1. The minimum Gasteiger partial charge on any atom is -0.407 e. The van der Waals surface area contributed by atoms with E-state index in [-0.39, 0.29) is 35.8 Å². The summed E-state index contributed by atoms with van der Waals surface area (Å²) < 4.78 is 32.6. The zero-order valence-electron chi connectivity index (χ0n) is 18.4. The lowest BCUT2D eigenvalue weighted by Crippen LogP contribution is -2.41. The average Bonchev–Trinajstić information content (AvgIpc) is 3.23. The van der Waals surface area contributed by atoms with Crippen molar-refractivity contribution >= 4 is 33.5 Å². The van der Waals surface area contributed by atoms with Crippen LogP contribution in [0.1, 0.15) is 35.4 Å². The summed E-state index contributed by atoms with van der Waals surface area (Å²) in [5.41, 5.74) is 3.40. The number of piperidine rings is 1. The Hall–Kier alpha value is -2.75. The molecule has 4 rings (SSSR count). The van der Waals surface area contributed by atoms with E-state index in [0.717, 1.165) is 11.1 Å². The quantitative estimate of drug-likeness (QED) is 0.562. The van der Waals surface area contributed by atoms with Gasteiger partial charge in [-0.15, -0.1) is 5.10 Å². The van der Waals surface area contributed by atoms with Crippen LogP contribution in [-0.4, -0.2) is 41.9 Å². The first-order chi connectivity index (χ1) is 15.7. The van der Waals surface area contributed by atoms with Crippen molar-refractivity contribution in [1.29, 1.82) is 0 Å². The number of halogens is 1. The molecule has 2 heterocycles. The Balaban J connectivity index is 1.33. The first kappa shape index (κ1) is 23.4. The van der Waals surface area contributed by atoms with E-state index in [1.807, 2.05) is 26.0 Å². The van der Waals surface area contributed by atoms with Crippen LogP contribution < -0.4 is 5.32 Å². The Labute approximate surface area is 198 Å². The van der Waals surface area contributed by atoms with E-state index < -0.39 is 10.0 Å². The van der Waals surface area contributed by atoms with E-state index in [0.29, 0.717) is 30.2 Å². The molecule has 0 spiro atoms. The van der Waals surface area contributed by atoms with E-state index in [2.05, 4.69) is 21.6 Å². The molecule has 3 aromatic rings.